The van der Waals surface area contributed by atoms with Crippen LogP contribution in [-0.2, 0) is 24.4 Å². The Morgan fingerprint density at radius 2 is 1.52 bits per heavy atom. The molecule has 1 saturated heterocycles. The van der Waals surface area contributed by atoms with Crippen molar-refractivity contribution < 1.29 is 4.79 Å². The molecule has 0 aromatic heterocycles. The van der Waals surface area contributed by atoms with Gasteiger partial charge in [0.2, 0.25) is 5.91 Å². The topological polar surface area (TPSA) is 60.0 Å². The Labute approximate surface area is 173 Å². The number of anilines is 1. The molecule has 0 radical (unpaired) electrons. The van der Waals surface area contributed by atoms with Crippen LogP contribution in [-0.4, -0.2) is 44.5 Å². The van der Waals surface area contributed by atoms with E-state index < -0.39 is 0 Å². The van der Waals surface area contributed by atoms with Crippen LogP contribution in [0, 0.1) is 0 Å². The van der Waals surface area contributed by atoms with Gasteiger partial charge in [-0.2, -0.15) is 0 Å². The Morgan fingerprint density at radius 1 is 0.966 bits per heavy atom. The third-order valence-corrected chi connectivity index (χ3v) is 4.99. The summed E-state index contributed by atoms with van der Waals surface area (Å²) in [5.74, 6) is 0.983. The minimum atomic E-state index is 0.218. The molecule has 0 saturated carbocycles. The molecule has 2 aromatic rings. The third kappa shape index (κ3) is 6.06. The first-order valence-electron chi connectivity index (χ1n) is 10.1. The molecular weight excluding hydrogens is 362 g/mol. The number of amides is 1. The van der Waals surface area contributed by atoms with Crippen LogP contribution in [0.25, 0.3) is 0 Å². The molecule has 0 aliphatic carbocycles. The van der Waals surface area contributed by atoms with Gasteiger partial charge in [0.15, 0.2) is 5.96 Å². The van der Waals surface area contributed by atoms with E-state index in [1.54, 1.807) is 7.05 Å². The number of benzene rings is 2. The van der Waals surface area contributed by atoms with E-state index in [-0.39, 0.29) is 5.91 Å². The zero-order valence-electron chi connectivity index (χ0n) is 17.6. The molecular formula is C23H31N5O. The van der Waals surface area contributed by atoms with Gasteiger partial charge in [0, 0.05) is 45.3 Å². The highest BCUT2D eigenvalue weighted by Gasteiger charge is 2.21. The van der Waals surface area contributed by atoms with Crippen LogP contribution >= 0.6 is 0 Å². The molecule has 0 unspecified atom stereocenters. The number of nitrogens with one attached hydrogen (secondary N) is 2. The summed E-state index contributed by atoms with van der Waals surface area (Å²) in [6.45, 7) is 3.17. The van der Waals surface area contributed by atoms with Crippen molar-refractivity contribution in [2.24, 2.45) is 4.99 Å². The largest absolute Gasteiger partial charge is 0.352 e. The first kappa shape index (κ1) is 20.9. The minimum absolute atomic E-state index is 0.218. The SMILES string of the molecule is CN=C(NCc1ccc(CN(C)C)cc1)NCc1ccc(N2CCCC2=O)cc1. The van der Waals surface area contributed by atoms with Crippen molar-refractivity contribution in [1.82, 2.24) is 15.5 Å². The Kier molecular flexibility index (Phi) is 7.25. The number of rotatable bonds is 7. The molecule has 154 valence electrons. The summed E-state index contributed by atoms with van der Waals surface area (Å²) in [4.78, 5) is 20.2. The summed E-state index contributed by atoms with van der Waals surface area (Å²) in [6.07, 6.45) is 1.60. The molecule has 1 aliphatic heterocycles. The number of nitrogens with zero attached hydrogens (tertiary/aromatic N) is 3. The van der Waals surface area contributed by atoms with Crippen molar-refractivity contribution in [3.63, 3.8) is 0 Å². The maximum Gasteiger partial charge on any atom is 0.227 e. The van der Waals surface area contributed by atoms with Crippen molar-refractivity contribution in [2.45, 2.75) is 32.5 Å². The number of carbonyl (C=O) groups is 1. The predicted octanol–water partition coefficient (Wildman–Crippen LogP) is 2.74. The van der Waals surface area contributed by atoms with E-state index in [9.17, 15) is 4.79 Å². The van der Waals surface area contributed by atoms with Crippen LogP contribution in [0.3, 0.4) is 0 Å². The lowest BCUT2D eigenvalue weighted by atomic mass is 10.1. The highest BCUT2D eigenvalue weighted by molar-refractivity contribution is 5.95. The normalized spacial score (nSPS) is 14.6. The second kappa shape index (κ2) is 10.1. The van der Waals surface area contributed by atoms with E-state index in [1.807, 2.05) is 17.0 Å². The van der Waals surface area contributed by atoms with Gasteiger partial charge in [0.1, 0.15) is 0 Å². The summed E-state index contributed by atoms with van der Waals surface area (Å²) in [6, 6.07) is 16.8. The van der Waals surface area contributed by atoms with Crippen LogP contribution in [0.4, 0.5) is 5.69 Å². The van der Waals surface area contributed by atoms with Gasteiger partial charge >= 0.3 is 0 Å². The molecule has 3 rings (SSSR count). The van der Waals surface area contributed by atoms with Crippen LogP contribution in [0.5, 0.6) is 0 Å². The molecule has 29 heavy (non-hydrogen) atoms. The lowest BCUT2D eigenvalue weighted by molar-refractivity contribution is -0.117. The molecule has 0 bridgehead atoms. The van der Waals surface area contributed by atoms with E-state index in [0.29, 0.717) is 13.0 Å². The van der Waals surface area contributed by atoms with Gasteiger partial charge in [-0.3, -0.25) is 9.79 Å². The van der Waals surface area contributed by atoms with Crippen LogP contribution in [0.2, 0.25) is 0 Å². The molecule has 1 fully saturated rings. The first-order valence-corrected chi connectivity index (χ1v) is 10.1. The average Bonchev–Trinajstić information content (AvgIpc) is 3.15. The van der Waals surface area contributed by atoms with Gasteiger partial charge in [-0.05, 0) is 49.3 Å². The fraction of sp³-hybridized carbons (Fsp3) is 0.391. The van der Waals surface area contributed by atoms with Crippen LogP contribution in [0.1, 0.15) is 29.5 Å². The molecule has 1 amide bonds. The quantitative estimate of drug-likeness (QED) is 0.561. The second-order valence-electron chi connectivity index (χ2n) is 7.65. The maximum absolute atomic E-state index is 11.9. The summed E-state index contributed by atoms with van der Waals surface area (Å²) < 4.78 is 0. The van der Waals surface area contributed by atoms with Gasteiger partial charge in [-0.25, -0.2) is 0 Å². The van der Waals surface area contributed by atoms with Gasteiger partial charge in [0.25, 0.3) is 0 Å². The van der Waals surface area contributed by atoms with E-state index in [4.69, 9.17) is 0 Å². The number of hydrogen-bond donors (Lipinski definition) is 2. The van der Waals surface area contributed by atoms with Crippen LogP contribution < -0.4 is 15.5 Å². The Balaban J connectivity index is 1.47. The minimum Gasteiger partial charge on any atom is -0.352 e. The highest BCUT2D eigenvalue weighted by atomic mass is 16.2. The summed E-state index contributed by atoms with van der Waals surface area (Å²) in [5, 5.41) is 6.70. The molecule has 2 N–H and O–H groups in total. The van der Waals surface area contributed by atoms with Crippen molar-refractivity contribution in [3.8, 4) is 0 Å². The fourth-order valence-electron chi connectivity index (χ4n) is 3.43. The summed E-state index contributed by atoms with van der Waals surface area (Å²) in [7, 11) is 5.92. The van der Waals surface area contributed by atoms with E-state index in [1.165, 1.54) is 11.1 Å². The fourth-order valence-corrected chi connectivity index (χ4v) is 3.43. The van der Waals surface area contributed by atoms with E-state index >= 15 is 0 Å². The smallest absolute Gasteiger partial charge is 0.227 e. The Morgan fingerprint density at radius 3 is 2.00 bits per heavy atom. The standard InChI is InChI=1S/C23H31N5O/c1-24-23(25-15-18-6-8-20(9-7-18)17-27(2)3)26-16-19-10-12-21(13-11-19)28-14-4-5-22(28)29/h6-13H,4-5,14-17H2,1-3H3,(H2,24,25,26). The Bertz CT molecular complexity index is 827. The average molecular weight is 394 g/mol. The third-order valence-electron chi connectivity index (χ3n) is 4.99. The lowest BCUT2D eigenvalue weighted by Crippen LogP contribution is -2.36. The zero-order chi connectivity index (χ0) is 20.6. The predicted molar refractivity (Wildman–Crippen MR) is 119 cm³/mol. The van der Waals surface area contributed by atoms with E-state index in [0.717, 1.165) is 43.3 Å². The Hall–Kier alpha value is -2.86. The molecule has 2 aromatic carbocycles. The molecule has 1 heterocycles. The van der Waals surface area contributed by atoms with E-state index in [2.05, 4.69) is 71.0 Å². The highest BCUT2D eigenvalue weighted by Crippen LogP contribution is 2.21. The van der Waals surface area contributed by atoms with Gasteiger partial charge in [0.05, 0.1) is 0 Å². The second-order valence-corrected chi connectivity index (χ2v) is 7.65. The lowest BCUT2D eigenvalue weighted by Gasteiger charge is -2.16. The molecule has 6 nitrogen and oxygen atoms in total. The number of aliphatic imine (C=N–C) groups is 1. The van der Waals surface area contributed by atoms with Crippen molar-refractivity contribution in [3.05, 3.63) is 65.2 Å². The van der Waals surface area contributed by atoms with Crippen molar-refractivity contribution in [2.75, 3.05) is 32.6 Å². The number of guanidine groups is 1. The number of hydrogen-bond acceptors (Lipinski definition) is 3. The van der Waals surface area contributed by atoms with Gasteiger partial charge < -0.3 is 20.4 Å². The van der Waals surface area contributed by atoms with Crippen molar-refractivity contribution >= 4 is 17.6 Å². The molecule has 0 spiro atoms. The monoisotopic (exact) mass is 393 g/mol. The maximum atomic E-state index is 11.9. The summed E-state index contributed by atoms with van der Waals surface area (Å²) >= 11 is 0. The molecule has 1 aliphatic rings. The van der Waals surface area contributed by atoms with Crippen LogP contribution in [0.15, 0.2) is 53.5 Å². The first-order chi connectivity index (χ1) is 14.0. The van der Waals surface area contributed by atoms with Gasteiger partial charge in [-0.1, -0.05) is 36.4 Å². The summed E-state index contributed by atoms with van der Waals surface area (Å²) in [5.41, 5.74) is 4.66. The zero-order valence-corrected chi connectivity index (χ0v) is 17.6. The molecule has 6 heteroatoms. The van der Waals surface area contributed by atoms with Crippen molar-refractivity contribution in [1.29, 1.82) is 0 Å². The molecule has 0 atom stereocenters. The number of carbonyl (C=O) groups excluding carboxylic acids is 1. The van der Waals surface area contributed by atoms with Gasteiger partial charge in [-0.15, -0.1) is 0 Å².